The molecule has 18 heavy (non-hydrogen) atoms. The first-order valence-corrected chi connectivity index (χ1v) is 5.97. The number of methoxy groups -OCH3 is 1. The summed E-state index contributed by atoms with van der Waals surface area (Å²) < 4.78 is 10.5. The van der Waals surface area contributed by atoms with Gasteiger partial charge in [0.25, 0.3) is 5.69 Å². The van der Waals surface area contributed by atoms with Crippen LogP contribution >= 0.6 is 15.9 Å². The summed E-state index contributed by atoms with van der Waals surface area (Å²) in [6.45, 7) is 1.76. The van der Waals surface area contributed by atoms with E-state index in [1.165, 1.54) is 25.3 Å². The highest BCUT2D eigenvalue weighted by Gasteiger charge is 2.21. The molecular weight excluding hydrogens is 306 g/mol. The molecule has 0 saturated heterocycles. The Kier molecular flexibility index (Phi) is 5.08. The number of hydrogen-bond donors (Lipinski definition) is 0. The molecule has 1 aromatic carbocycles. The van der Waals surface area contributed by atoms with Crippen LogP contribution in [0.3, 0.4) is 0 Å². The van der Waals surface area contributed by atoms with Crippen molar-refractivity contribution in [2.24, 2.45) is 0 Å². The summed E-state index contributed by atoms with van der Waals surface area (Å²) in [5, 5.41) is 10.7. The van der Waals surface area contributed by atoms with E-state index >= 15 is 0 Å². The fraction of sp³-hybridized carbons (Fsp3) is 0.364. The van der Waals surface area contributed by atoms with E-state index in [1.807, 2.05) is 0 Å². The van der Waals surface area contributed by atoms with E-state index in [4.69, 9.17) is 4.74 Å². The Morgan fingerprint density at radius 1 is 1.56 bits per heavy atom. The maximum absolute atomic E-state index is 11.4. The molecule has 1 unspecified atom stereocenters. The molecule has 0 amide bonds. The second-order valence-corrected chi connectivity index (χ2v) is 4.26. The highest BCUT2D eigenvalue weighted by molar-refractivity contribution is 9.10. The fourth-order valence-electron chi connectivity index (χ4n) is 1.28. The highest BCUT2D eigenvalue weighted by Crippen LogP contribution is 2.30. The minimum atomic E-state index is -0.784. The zero-order chi connectivity index (χ0) is 13.7. The standard InChI is InChI=1S/C11H12BrNO5/c1-3-9(11(14)17-2)18-10-6-7(13(15)16)4-5-8(10)12/h4-6,9H,3H2,1-2H3. The first-order chi connectivity index (χ1) is 8.49. The zero-order valence-corrected chi connectivity index (χ0v) is 11.5. The number of benzene rings is 1. The third-order valence-electron chi connectivity index (χ3n) is 2.23. The van der Waals surface area contributed by atoms with Crippen molar-refractivity contribution >= 4 is 27.6 Å². The number of nitro benzene ring substituents is 1. The van der Waals surface area contributed by atoms with Crippen LogP contribution in [0.5, 0.6) is 5.75 Å². The van der Waals surface area contributed by atoms with Crippen LogP contribution in [0.1, 0.15) is 13.3 Å². The minimum Gasteiger partial charge on any atom is -0.477 e. The molecular formula is C11H12BrNO5. The van der Waals surface area contributed by atoms with E-state index < -0.39 is 17.0 Å². The highest BCUT2D eigenvalue weighted by atomic mass is 79.9. The van der Waals surface area contributed by atoms with Crippen molar-refractivity contribution in [3.8, 4) is 5.75 Å². The van der Waals surface area contributed by atoms with E-state index in [2.05, 4.69) is 20.7 Å². The number of nitrogens with zero attached hydrogens (tertiary/aromatic N) is 1. The molecule has 0 heterocycles. The molecule has 0 aromatic heterocycles. The molecule has 0 spiro atoms. The predicted molar refractivity (Wildman–Crippen MR) is 67.5 cm³/mol. The van der Waals surface area contributed by atoms with Gasteiger partial charge in [0.2, 0.25) is 0 Å². The van der Waals surface area contributed by atoms with Gasteiger partial charge in [0.15, 0.2) is 6.10 Å². The predicted octanol–water partition coefficient (Wildman–Crippen LogP) is 2.69. The van der Waals surface area contributed by atoms with Gasteiger partial charge in [-0.2, -0.15) is 0 Å². The molecule has 1 atom stereocenters. The Labute approximate surface area is 112 Å². The van der Waals surface area contributed by atoms with Crippen molar-refractivity contribution in [3.63, 3.8) is 0 Å². The lowest BCUT2D eigenvalue weighted by molar-refractivity contribution is -0.385. The topological polar surface area (TPSA) is 78.7 Å². The van der Waals surface area contributed by atoms with Crippen LogP contribution in [0, 0.1) is 10.1 Å². The third-order valence-corrected chi connectivity index (χ3v) is 2.88. The number of carbonyl (C=O) groups excluding carboxylic acids is 1. The summed E-state index contributed by atoms with van der Waals surface area (Å²) in [7, 11) is 1.26. The van der Waals surface area contributed by atoms with E-state index in [1.54, 1.807) is 6.92 Å². The molecule has 0 saturated carbocycles. The van der Waals surface area contributed by atoms with Crippen LogP contribution in [-0.2, 0) is 9.53 Å². The van der Waals surface area contributed by atoms with Gasteiger partial charge in [-0.15, -0.1) is 0 Å². The number of nitro groups is 1. The van der Waals surface area contributed by atoms with Gasteiger partial charge in [0.05, 0.1) is 22.6 Å². The van der Waals surface area contributed by atoms with Crippen LogP contribution < -0.4 is 4.74 Å². The fourth-order valence-corrected chi connectivity index (χ4v) is 1.62. The molecule has 0 N–H and O–H groups in total. The van der Waals surface area contributed by atoms with Crippen LogP contribution in [0.2, 0.25) is 0 Å². The van der Waals surface area contributed by atoms with E-state index in [0.29, 0.717) is 10.9 Å². The van der Waals surface area contributed by atoms with Crippen LogP contribution in [0.25, 0.3) is 0 Å². The van der Waals surface area contributed by atoms with Gasteiger partial charge in [0.1, 0.15) is 5.75 Å². The quantitative estimate of drug-likeness (QED) is 0.474. The van der Waals surface area contributed by atoms with Gasteiger partial charge in [-0.25, -0.2) is 4.79 Å². The minimum absolute atomic E-state index is 0.104. The number of esters is 1. The van der Waals surface area contributed by atoms with Gasteiger partial charge < -0.3 is 9.47 Å². The Morgan fingerprint density at radius 3 is 2.72 bits per heavy atom. The molecule has 1 aromatic rings. The Hall–Kier alpha value is -1.63. The monoisotopic (exact) mass is 317 g/mol. The summed E-state index contributed by atoms with van der Waals surface area (Å²) in [5.41, 5.74) is -0.104. The number of carbonyl (C=O) groups is 1. The van der Waals surface area contributed by atoms with Gasteiger partial charge in [-0.1, -0.05) is 6.92 Å². The van der Waals surface area contributed by atoms with Crippen molar-refractivity contribution < 1.29 is 19.2 Å². The van der Waals surface area contributed by atoms with Gasteiger partial charge in [-0.05, 0) is 28.4 Å². The Balaban J connectivity index is 2.98. The molecule has 0 aliphatic rings. The molecule has 98 valence electrons. The summed E-state index contributed by atoms with van der Waals surface area (Å²) in [6, 6.07) is 4.10. The lowest BCUT2D eigenvalue weighted by Gasteiger charge is -2.15. The molecule has 0 radical (unpaired) electrons. The summed E-state index contributed by atoms with van der Waals surface area (Å²) in [5.74, 6) is -0.280. The average Bonchev–Trinajstić information content (AvgIpc) is 2.36. The first kappa shape index (κ1) is 14.4. The number of rotatable bonds is 5. The normalized spacial score (nSPS) is 11.7. The first-order valence-electron chi connectivity index (χ1n) is 5.18. The lowest BCUT2D eigenvalue weighted by atomic mass is 10.2. The van der Waals surface area contributed by atoms with Crippen molar-refractivity contribution in [1.82, 2.24) is 0 Å². The second kappa shape index (κ2) is 6.34. The lowest BCUT2D eigenvalue weighted by Crippen LogP contribution is -2.27. The molecule has 6 nitrogen and oxygen atoms in total. The SMILES string of the molecule is CCC(Oc1cc([N+](=O)[O-])ccc1Br)C(=O)OC. The maximum atomic E-state index is 11.4. The zero-order valence-electron chi connectivity index (χ0n) is 9.88. The number of non-ortho nitro benzene ring substituents is 1. The van der Waals surface area contributed by atoms with E-state index in [9.17, 15) is 14.9 Å². The van der Waals surface area contributed by atoms with Crippen LogP contribution in [-0.4, -0.2) is 24.1 Å². The van der Waals surface area contributed by atoms with Crippen molar-refractivity contribution in [3.05, 3.63) is 32.8 Å². The largest absolute Gasteiger partial charge is 0.477 e. The number of ether oxygens (including phenoxy) is 2. The van der Waals surface area contributed by atoms with Gasteiger partial charge >= 0.3 is 5.97 Å². The number of hydrogen-bond acceptors (Lipinski definition) is 5. The van der Waals surface area contributed by atoms with Crippen molar-refractivity contribution in [1.29, 1.82) is 0 Å². The molecule has 0 aliphatic heterocycles. The molecule has 0 aliphatic carbocycles. The van der Waals surface area contributed by atoms with Crippen molar-refractivity contribution in [2.75, 3.05) is 7.11 Å². The molecule has 0 bridgehead atoms. The Bertz CT molecular complexity index is 463. The van der Waals surface area contributed by atoms with Crippen molar-refractivity contribution in [2.45, 2.75) is 19.4 Å². The van der Waals surface area contributed by atoms with E-state index in [0.717, 1.165) is 0 Å². The summed E-state index contributed by atoms with van der Waals surface area (Å²) >= 11 is 3.21. The smallest absolute Gasteiger partial charge is 0.347 e. The average molecular weight is 318 g/mol. The molecule has 7 heteroatoms. The third kappa shape index (κ3) is 3.43. The van der Waals surface area contributed by atoms with Crippen LogP contribution in [0.4, 0.5) is 5.69 Å². The number of halogens is 1. The van der Waals surface area contributed by atoms with Gasteiger partial charge in [0, 0.05) is 6.07 Å². The second-order valence-electron chi connectivity index (χ2n) is 3.41. The van der Waals surface area contributed by atoms with Gasteiger partial charge in [-0.3, -0.25) is 10.1 Å². The van der Waals surface area contributed by atoms with E-state index in [-0.39, 0.29) is 11.4 Å². The summed E-state index contributed by atoms with van der Waals surface area (Å²) in [6.07, 6.45) is -0.379. The van der Waals surface area contributed by atoms with Crippen LogP contribution in [0.15, 0.2) is 22.7 Å². The maximum Gasteiger partial charge on any atom is 0.347 e. The summed E-state index contributed by atoms with van der Waals surface area (Å²) in [4.78, 5) is 21.5. The molecule has 1 rings (SSSR count). The Morgan fingerprint density at radius 2 is 2.22 bits per heavy atom. The molecule has 0 fully saturated rings.